The Hall–Kier alpha value is -1.49. The van der Waals surface area contributed by atoms with Crippen molar-refractivity contribution in [2.75, 3.05) is 6.54 Å². The number of nitrogens with one attached hydrogen (secondary N) is 1. The minimum absolute atomic E-state index is 0.564. The van der Waals surface area contributed by atoms with E-state index in [-0.39, 0.29) is 0 Å². The predicted molar refractivity (Wildman–Crippen MR) is 74.0 cm³/mol. The van der Waals surface area contributed by atoms with Crippen molar-refractivity contribution in [3.8, 4) is 0 Å². The molecule has 1 unspecified atom stereocenters. The van der Waals surface area contributed by atoms with E-state index in [2.05, 4.69) is 33.4 Å². The summed E-state index contributed by atoms with van der Waals surface area (Å²) in [6.07, 6.45) is 6.47. The Morgan fingerprint density at radius 1 is 1.47 bits per heavy atom. The number of rotatable bonds is 6. The molecule has 1 N–H and O–H groups in total. The van der Waals surface area contributed by atoms with E-state index in [1.165, 1.54) is 25.0 Å². The van der Waals surface area contributed by atoms with Gasteiger partial charge in [0.25, 0.3) is 5.78 Å². The van der Waals surface area contributed by atoms with Gasteiger partial charge in [-0.1, -0.05) is 6.92 Å². The third kappa shape index (κ3) is 2.76. The summed E-state index contributed by atoms with van der Waals surface area (Å²) in [6, 6.07) is 2.69. The molecule has 1 fully saturated rings. The molecule has 0 saturated heterocycles. The van der Waals surface area contributed by atoms with E-state index in [9.17, 15) is 0 Å². The molecule has 3 rings (SSSR count). The van der Waals surface area contributed by atoms with Crippen LogP contribution >= 0.6 is 0 Å². The first-order chi connectivity index (χ1) is 9.28. The van der Waals surface area contributed by atoms with Crippen LogP contribution in [0.5, 0.6) is 0 Å². The number of hydrogen-bond donors (Lipinski definition) is 1. The van der Waals surface area contributed by atoms with E-state index in [1.807, 2.05) is 11.4 Å². The maximum Gasteiger partial charge on any atom is 0.252 e. The van der Waals surface area contributed by atoms with Gasteiger partial charge in [-0.15, -0.1) is 0 Å². The van der Waals surface area contributed by atoms with Crippen LogP contribution in [0.1, 0.15) is 37.6 Å². The van der Waals surface area contributed by atoms with Crippen molar-refractivity contribution in [2.24, 2.45) is 5.92 Å². The number of nitrogens with zero attached hydrogens (tertiary/aromatic N) is 4. The first kappa shape index (κ1) is 12.5. The highest BCUT2D eigenvalue weighted by atomic mass is 15.3. The monoisotopic (exact) mass is 259 g/mol. The molecule has 0 amide bonds. The van der Waals surface area contributed by atoms with Gasteiger partial charge in [-0.3, -0.25) is 0 Å². The van der Waals surface area contributed by atoms with Gasteiger partial charge in [-0.25, -0.2) is 9.50 Å². The summed E-state index contributed by atoms with van der Waals surface area (Å²) in [5.74, 6) is 1.54. The molecule has 1 saturated carbocycles. The Morgan fingerprint density at radius 2 is 2.32 bits per heavy atom. The summed E-state index contributed by atoms with van der Waals surface area (Å²) in [5, 5.41) is 7.96. The normalized spacial score (nSPS) is 16.9. The van der Waals surface area contributed by atoms with Gasteiger partial charge in [0.2, 0.25) is 0 Å². The van der Waals surface area contributed by atoms with Crippen LogP contribution in [0.15, 0.2) is 12.4 Å². The Labute approximate surface area is 113 Å². The second-order valence-electron chi connectivity index (χ2n) is 5.46. The second-order valence-corrected chi connectivity index (χ2v) is 5.46. The Morgan fingerprint density at radius 3 is 3.05 bits per heavy atom. The quantitative estimate of drug-likeness (QED) is 0.858. The smallest absolute Gasteiger partial charge is 0.252 e. The maximum absolute atomic E-state index is 4.40. The molecule has 0 radical (unpaired) electrons. The molecule has 2 aromatic rings. The van der Waals surface area contributed by atoms with Crippen molar-refractivity contribution in [3.05, 3.63) is 23.8 Å². The lowest BCUT2D eigenvalue weighted by atomic mass is 10.1. The van der Waals surface area contributed by atoms with Crippen molar-refractivity contribution < 1.29 is 0 Å². The van der Waals surface area contributed by atoms with E-state index >= 15 is 0 Å². The average Bonchev–Trinajstić information content (AvgIpc) is 3.13. The number of hydrogen-bond acceptors (Lipinski definition) is 4. The molecule has 19 heavy (non-hydrogen) atoms. The van der Waals surface area contributed by atoms with Gasteiger partial charge < -0.3 is 5.32 Å². The summed E-state index contributed by atoms with van der Waals surface area (Å²) >= 11 is 0. The highest BCUT2D eigenvalue weighted by Gasteiger charge is 2.31. The van der Waals surface area contributed by atoms with Crippen molar-refractivity contribution >= 4 is 5.78 Å². The van der Waals surface area contributed by atoms with Crippen LogP contribution in [0.3, 0.4) is 0 Å². The minimum Gasteiger partial charge on any atom is -0.313 e. The van der Waals surface area contributed by atoms with E-state index in [4.69, 9.17) is 0 Å². The third-order valence-electron chi connectivity index (χ3n) is 3.73. The number of aryl methyl sites for hydroxylation is 1. The highest BCUT2D eigenvalue weighted by Crippen LogP contribution is 2.34. The van der Waals surface area contributed by atoms with Gasteiger partial charge in [0, 0.05) is 23.9 Å². The number of fused-ring (bicyclic) bond motifs is 1. The zero-order valence-electron chi connectivity index (χ0n) is 11.6. The molecule has 0 aromatic carbocycles. The summed E-state index contributed by atoms with van der Waals surface area (Å²) in [6.45, 7) is 5.32. The van der Waals surface area contributed by atoms with E-state index in [0.29, 0.717) is 11.8 Å². The first-order valence-corrected chi connectivity index (χ1v) is 7.17. The summed E-state index contributed by atoms with van der Waals surface area (Å²) in [5.41, 5.74) is 2.22. The minimum atomic E-state index is 0.564. The van der Waals surface area contributed by atoms with Crippen LogP contribution in [0, 0.1) is 12.8 Å². The third-order valence-corrected chi connectivity index (χ3v) is 3.73. The molecule has 0 bridgehead atoms. The van der Waals surface area contributed by atoms with Gasteiger partial charge in [-0.05, 0) is 44.7 Å². The van der Waals surface area contributed by atoms with Gasteiger partial charge in [0.1, 0.15) is 6.33 Å². The summed E-state index contributed by atoms with van der Waals surface area (Å²) in [4.78, 5) is 8.59. The predicted octanol–water partition coefficient (Wildman–Crippen LogP) is 1.75. The lowest BCUT2D eigenvalue weighted by Gasteiger charge is -2.18. The zero-order valence-corrected chi connectivity index (χ0v) is 11.6. The van der Waals surface area contributed by atoms with E-state index < -0.39 is 0 Å². The lowest BCUT2D eigenvalue weighted by Crippen LogP contribution is -2.34. The highest BCUT2D eigenvalue weighted by molar-refractivity contribution is 5.30. The standard InChI is InChI=1S/C14H21N5/c1-3-6-15-13(11-4-5-11)8-12-7-10(2)18-14-16-9-17-19(12)14/h7,9,11,13,15H,3-6,8H2,1-2H3. The fraction of sp³-hybridized carbons (Fsp3) is 0.643. The zero-order chi connectivity index (χ0) is 13.2. The van der Waals surface area contributed by atoms with Gasteiger partial charge in [-0.2, -0.15) is 10.1 Å². The SMILES string of the molecule is CCCNC(Cc1cc(C)nc2ncnn12)C1CC1. The molecule has 2 aromatic heterocycles. The fourth-order valence-corrected chi connectivity index (χ4v) is 2.61. The molecule has 1 atom stereocenters. The Bertz CT molecular complexity index is 558. The topological polar surface area (TPSA) is 55.1 Å². The molecule has 0 aliphatic heterocycles. The summed E-state index contributed by atoms with van der Waals surface area (Å²) < 4.78 is 1.87. The van der Waals surface area contributed by atoms with Crippen molar-refractivity contribution in [2.45, 2.75) is 45.6 Å². The van der Waals surface area contributed by atoms with Crippen molar-refractivity contribution in [1.29, 1.82) is 0 Å². The Balaban J connectivity index is 1.84. The number of aromatic nitrogens is 4. The van der Waals surface area contributed by atoms with Crippen molar-refractivity contribution in [3.63, 3.8) is 0 Å². The second kappa shape index (κ2) is 5.25. The molecule has 102 valence electrons. The first-order valence-electron chi connectivity index (χ1n) is 7.17. The molecule has 1 aliphatic carbocycles. The van der Waals surface area contributed by atoms with Gasteiger partial charge in [0.15, 0.2) is 0 Å². The maximum atomic E-state index is 4.40. The van der Waals surface area contributed by atoms with Gasteiger partial charge in [0.05, 0.1) is 0 Å². The van der Waals surface area contributed by atoms with Crippen LogP contribution < -0.4 is 5.32 Å². The van der Waals surface area contributed by atoms with Crippen LogP contribution in [0.25, 0.3) is 5.78 Å². The van der Waals surface area contributed by atoms with Crippen LogP contribution in [-0.4, -0.2) is 32.2 Å². The average molecular weight is 259 g/mol. The molecule has 1 aliphatic rings. The van der Waals surface area contributed by atoms with Crippen LogP contribution in [-0.2, 0) is 6.42 Å². The summed E-state index contributed by atoms with van der Waals surface area (Å²) in [7, 11) is 0. The van der Waals surface area contributed by atoms with E-state index in [1.54, 1.807) is 6.33 Å². The van der Waals surface area contributed by atoms with Crippen molar-refractivity contribution in [1.82, 2.24) is 24.9 Å². The molecule has 5 nitrogen and oxygen atoms in total. The molecular weight excluding hydrogens is 238 g/mol. The molecule has 0 spiro atoms. The molecule has 5 heteroatoms. The van der Waals surface area contributed by atoms with E-state index in [0.717, 1.165) is 24.6 Å². The molecule has 2 heterocycles. The largest absolute Gasteiger partial charge is 0.313 e. The lowest BCUT2D eigenvalue weighted by molar-refractivity contribution is 0.452. The van der Waals surface area contributed by atoms with Crippen LogP contribution in [0.2, 0.25) is 0 Å². The Kier molecular flexibility index (Phi) is 3.46. The van der Waals surface area contributed by atoms with Gasteiger partial charge >= 0.3 is 0 Å². The van der Waals surface area contributed by atoms with Crippen LogP contribution in [0.4, 0.5) is 0 Å². The molecular formula is C14H21N5. The fourth-order valence-electron chi connectivity index (χ4n) is 2.61.